The predicted molar refractivity (Wildman–Crippen MR) is 145 cm³/mol. The smallest absolute Gasteiger partial charge is 0.289 e. The third-order valence-corrected chi connectivity index (χ3v) is 15.4. The SMILES string of the molecule is CC1(C)C2CCC1(CS(=O)(=O)ON1C(=O)C3C(C1=O)C1C(=O)N(OS(=O)(=O)CC45CCC(CC4=O)C5(C)C)C(=O)C31)C(=O)C2. The molecule has 4 bridgehead atoms. The zero-order chi connectivity index (χ0) is 32.2. The van der Waals surface area contributed by atoms with Crippen LogP contribution in [0.1, 0.15) is 66.2 Å². The van der Waals surface area contributed by atoms with Crippen LogP contribution in [0.2, 0.25) is 0 Å². The molecule has 0 radical (unpaired) electrons. The largest absolute Gasteiger partial charge is 0.299 e. The highest BCUT2D eigenvalue weighted by molar-refractivity contribution is 7.87. The lowest BCUT2D eigenvalue weighted by molar-refractivity contribution is -0.170. The zero-order valence-electron chi connectivity index (χ0n) is 24.7. The van der Waals surface area contributed by atoms with E-state index in [0.717, 1.165) is 0 Å². The van der Waals surface area contributed by atoms with Crippen molar-refractivity contribution in [3.63, 3.8) is 0 Å². The molecule has 240 valence electrons. The zero-order valence-corrected chi connectivity index (χ0v) is 26.4. The van der Waals surface area contributed by atoms with E-state index < -0.39 is 101 Å². The van der Waals surface area contributed by atoms with E-state index >= 15 is 0 Å². The molecule has 4 unspecified atom stereocenters. The molecule has 0 N–H and O–H groups in total. The summed E-state index contributed by atoms with van der Waals surface area (Å²) in [6.45, 7) is 7.28. The lowest BCUT2D eigenvalue weighted by Gasteiger charge is -2.36. The Labute approximate surface area is 254 Å². The number of Topliss-reactive ketones (excluding diaryl/α,β-unsaturated/α-hetero) is 2. The Hall–Kier alpha value is -2.56. The number of amides is 4. The molecule has 0 aromatic rings. The van der Waals surface area contributed by atoms with Crippen LogP contribution in [0.4, 0.5) is 0 Å². The Kier molecular flexibility index (Phi) is 5.90. The minimum absolute atomic E-state index is 0.0151. The van der Waals surface area contributed by atoms with Gasteiger partial charge in [0.2, 0.25) is 0 Å². The van der Waals surface area contributed by atoms with Crippen molar-refractivity contribution >= 4 is 55.4 Å². The third kappa shape index (κ3) is 3.48. The molecule has 0 aromatic heterocycles. The number of fused-ring (bicyclic) bond motifs is 8. The molecule has 7 fully saturated rings. The quantitative estimate of drug-likeness (QED) is 0.330. The number of nitrogens with zero attached hydrogens (tertiary/aromatic N) is 2. The fourth-order valence-electron chi connectivity index (χ4n) is 9.98. The standard InChI is InChI=1S/C28H34N2O12S2/c1-25(2)13-5-7-27(25,15(31)9-13)11-43(37,38)41-29-21(33)17-18(22(29)34)20-19(17)23(35)30(24(20)36)42-44(39,40)12-28-8-6-14(10-16(28)32)26(28,3)4/h13-14,17-20H,5-12H2,1-4H3. The molecule has 44 heavy (non-hydrogen) atoms. The molecule has 7 aliphatic rings. The van der Waals surface area contributed by atoms with Crippen LogP contribution < -0.4 is 0 Å². The van der Waals surface area contributed by atoms with Crippen molar-refractivity contribution in [2.24, 2.45) is 57.2 Å². The van der Waals surface area contributed by atoms with Gasteiger partial charge in [0.25, 0.3) is 43.9 Å². The minimum Gasteiger partial charge on any atom is -0.299 e. The highest BCUT2D eigenvalue weighted by Crippen LogP contribution is 2.66. The Balaban J connectivity index is 1.06. The van der Waals surface area contributed by atoms with E-state index in [1.54, 1.807) is 0 Å². The van der Waals surface area contributed by atoms with Gasteiger partial charge in [0.05, 0.1) is 46.0 Å². The van der Waals surface area contributed by atoms with Gasteiger partial charge in [-0.25, -0.2) is 0 Å². The van der Waals surface area contributed by atoms with Crippen molar-refractivity contribution in [2.45, 2.75) is 66.2 Å². The summed E-state index contributed by atoms with van der Waals surface area (Å²) in [7, 11) is -9.29. The summed E-state index contributed by atoms with van der Waals surface area (Å²) in [5, 5.41) is 0.120. The van der Waals surface area contributed by atoms with Crippen molar-refractivity contribution < 1.29 is 54.2 Å². The first kappa shape index (κ1) is 30.1. The summed E-state index contributed by atoms with van der Waals surface area (Å²) in [6.07, 6.45) is 2.48. The molecule has 0 spiro atoms. The van der Waals surface area contributed by atoms with E-state index in [1.807, 2.05) is 27.7 Å². The second-order valence-electron chi connectivity index (χ2n) is 14.9. The van der Waals surface area contributed by atoms with Crippen LogP contribution >= 0.6 is 0 Å². The number of imide groups is 2. The summed E-state index contributed by atoms with van der Waals surface area (Å²) in [5.41, 5.74) is -3.69. The normalized spacial score (nSPS) is 41.6. The van der Waals surface area contributed by atoms with Gasteiger partial charge < -0.3 is 0 Å². The average molecular weight is 655 g/mol. The molecule has 16 heteroatoms. The van der Waals surface area contributed by atoms with E-state index in [1.165, 1.54) is 0 Å². The third-order valence-electron chi connectivity index (χ3n) is 13.0. The summed E-state index contributed by atoms with van der Waals surface area (Å²) < 4.78 is 62.6. The molecule has 5 saturated carbocycles. The molecule has 2 aliphatic heterocycles. The van der Waals surface area contributed by atoms with Gasteiger partial charge in [0.1, 0.15) is 11.6 Å². The number of hydrogen-bond acceptors (Lipinski definition) is 12. The second kappa shape index (κ2) is 8.62. The van der Waals surface area contributed by atoms with Crippen LogP contribution in [0.15, 0.2) is 0 Å². The predicted octanol–water partition coefficient (Wildman–Crippen LogP) is 0.516. The lowest BCUT2D eigenvalue weighted by atomic mass is 9.59. The first-order chi connectivity index (χ1) is 20.2. The number of carbonyl (C=O) groups excluding carboxylic acids is 6. The molecular weight excluding hydrogens is 620 g/mol. The van der Waals surface area contributed by atoms with Gasteiger partial charge in [0.15, 0.2) is 0 Å². The maximum atomic E-state index is 13.2. The topological polar surface area (TPSA) is 196 Å². The number of hydrogen-bond donors (Lipinski definition) is 0. The van der Waals surface area contributed by atoms with E-state index in [2.05, 4.69) is 0 Å². The maximum Gasteiger partial charge on any atom is 0.289 e. The molecular formula is C28H34N2O12S2. The van der Waals surface area contributed by atoms with E-state index in [4.69, 9.17) is 8.57 Å². The molecule has 2 heterocycles. The summed E-state index contributed by atoms with van der Waals surface area (Å²) >= 11 is 0. The number of ketones is 2. The molecule has 4 atom stereocenters. The molecule has 0 aromatic carbocycles. The van der Waals surface area contributed by atoms with Gasteiger partial charge in [-0.3, -0.25) is 28.8 Å². The second-order valence-corrected chi connectivity index (χ2v) is 18.0. The molecule has 2 saturated heterocycles. The molecule has 14 nitrogen and oxygen atoms in total. The lowest BCUT2D eigenvalue weighted by Crippen LogP contribution is -2.50. The first-order valence-corrected chi connectivity index (χ1v) is 18.0. The van der Waals surface area contributed by atoms with Gasteiger partial charge in [-0.1, -0.05) is 27.7 Å². The number of hydroxylamine groups is 4. The van der Waals surface area contributed by atoms with E-state index in [-0.39, 0.29) is 46.4 Å². The average Bonchev–Trinajstić information content (AvgIpc) is 3.52. The highest BCUT2D eigenvalue weighted by atomic mass is 32.2. The van der Waals surface area contributed by atoms with Crippen molar-refractivity contribution in [1.29, 1.82) is 0 Å². The van der Waals surface area contributed by atoms with Crippen LogP contribution in [-0.4, -0.2) is 73.7 Å². The molecule has 5 aliphatic carbocycles. The fourth-order valence-corrected chi connectivity index (χ4v) is 13.4. The summed E-state index contributed by atoms with van der Waals surface area (Å²) in [4.78, 5) is 78.5. The monoisotopic (exact) mass is 654 g/mol. The van der Waals surface area contributed by atoms with Crippen molar-refractivity contribution in [2.75, 3.05) is 11.5 Å². The Morgan fingerprint density at radius 2 is 0.886 bits per heavy atom. The van der Waals surface area contributed by atoms with E-state index in [0.29, 0.717) is 25.7 Å². The van der Waals surface area contributed by atoms with Gasteiger partial charge >= 0.3 is 0 Å². The first-order valence-electron chi connectivity index (χ1n) is 14.9. The molecule has 7 rings (SSSR count). The molecule has 4 amide bonds. The van der Waals surface area contributed by atoms with Crippen molar-refractivity contribution in [1.82, 2.24) is 10.1 Å². The van der Waals surface area contributed by atoms with Crippen LogP contribution in [0.5, 0.6) is 0 Å². The Morgan fingerprint density at radius 3 is 1.11 bits per heavy atom. The van der Waals surface area contributed by atoms with Crippen LogP contribution in [0, 0.1) is 57.2 Å². The van der Waals surface area contributed by atoms with Crippen molar-refractivity contribution in [3.05, 3.63) is 0 Å². The number of carbonyl (C=O) groups is 6. The highest BCUT2D eigenvalue weighted by Gasteiger charge is 2.76. The van der Waals surface area contributed by atoms with Crippen LogP contribution in [-0.2, 0) is 57.6 Å². The van der Waals surface area contributed by atoms with Gasteiger partial charge in [-0.05, 0) is 48.3 Å². The van der Waals surface area contributed by atoms with E-state index in [9.17, 15) is 45.6 Å². The minimum atomic E-state index is -4.65. The van der Waals surface area contributed by atoms with Crippen LogP contribution in [0.25, 0.3) is 0 Å². The van der Waals surface area contributed by atoms with Gasteiger partial charge in [-0.15, -0.1) is 18.7 Å². The van der Waals surface area contributed by atoms with Crippen LogP contribution in [0.3, 0.4) is 0 Å². The summed E-state index contributed by atoms with van der Waals surface area (Å²) in [6, 6.07) is 0. The Morgan fingerprint density at radius 1 is 0.591 bits per heavy atom. The summed E-state index contributed by atoms with van der Waals surface area (Å²) in [5.74, 6) is -12.2. The number of rotatable bonds is 8. The van der Waals surface area contributed by atoms with Gasteiger partial charge in [0, 0.05) is 12.8 Å². The maximum absolute atomic E-state index is 13.2. The van der Waals surface area contributed by atoms with Crippen molar-refractivity contribution in [3.8, 4) is 0 Å². The van der Waals surface area contributed by atoms with Gasteiger partial charge in [-0.2, -0.15) is 16.8 Å². The fraction of sp³-hybridized carbons (Fsp3) is 0.786. The Bertz CT molecular complexity index is 1530.